The molecule has 2 aromatic rings. The summed E-state index contributed by atoms with van der Waals surface area (Å²) in [6.07, 6.45) is 3.22. The molecule has 1 aliphatic rings. The van der Waals surface area contributed by atoms with Gasteiger partial charge in [-0.3, -0.25) is 19.8 Å². The molecule has 0 fully saturated rings. The number of aliphatic imine (C=N–C) groups is 1. The Morgan fingerprint density at radius 1 is 1.04 bits per heavy atom. The van der Waals surface area contributed by atoms with E-state index in [1.165, 1.54) is 18.1 Å². The summed E-state index contributed by atoms with van der Waals surface area (Å²) < 4.78 is 0. The molecule has 0 bridgehead atoms. The molecule has 7 heteroatoms. The first kappa shape index (κ1) is 16.1. The maximum absolute atomic E-state index is 12.1. The van der Waals surface area contributed by atoms with Gasteiger partial charge in [-0.05, 0) is 30.5 Å². The molecule has 122 valence electrons. The molecule has 2 aromatic carbocycles. The van der Waals surface area contributed by atoms with Crippen LogP contribution in [0.5, 0.6) is 0 Å². The van der Waals surface area contributed by atoms with Gasteiger partial charge in [0, 0.05) is 11.4 Å². The van der Waals surface area contributed by atoms with Gasteiger partial charge in [-0.25, -0.2) is 0 Å². The molecule has 1 unspecified atom stereocenters. The summed E-state index contributed by atoms with van der Waals surface area (Å²) in [7, 11) is 0. The van der Waals surface area contributed by atoms with Crippen LogP contribution >= 0.6 is 11.8 Å². The van der Waals surface area contributed by atoms with Gasteiger partial charge in [0.1, 0.15) is 6.34 Å². The predicted octanol–water partition coefficient (Wildman–Crippen LogP) is 2.26. The van der Waals surface area contributed by atoms with Gasteiger partial charge in [0.25, 0.3) is 0 Å². The van der Waals surface area contributed by atoms with Crippen LogP contribution in [0.25, 0.3) is 0 Å². The molecule has 6 nitrogen and oxygen atoms in total. The Kier molecular flexibility index (Phi) is 4.52. The van der Waals surface area contributed by atoms with E-state index in [1.807, 2.05) is 66.9 Å². The molecule has 0 saturated carbocycles. The number of hydrogen-bond acceptors (Lipinski definition) is 5. The summed E-state index contributed by atoms with van der Waals surface area (Å²) in [6, 6.07) is 18.9. The highest BCUT2D eigenvalue weighted by Crippen LogP contribution is 2.31. The third-order valence-corrected chi connectivity index (χ3v) is 4.52. The summed E-state index contributed by atoms with van der Waals surface area (Å²) in [4.78, 5) is 29.3. The van der Waals surface area contributed by atoms with Crippen LogP contribution in [0.3, 0.4) is 0 Å². The molecule has 0 aliphatic carbocycles. The third-order valence-electron chi connectivity index (χ3n) is 3.52. The van der Waals surface area contributed by atoms with Crippen LogP contribution in [-0.4, -0.2) is 29.5 Å². The molecule has 1 aliphatic heterocycles. The first-order chi connectivity index (χ1) is 11.6. The summed E-state index contributed by atoms with van der Waals surface area (Å²) in [5, 5.41) is 4.96. The van der Waals surface area contributed by atoms with Crippen LogP contribution < -0.4 is 15.5 Å². The Morgan fingerprint density at radius 2 is 1.67 bits per heavy atom. The molecular formula is C17H16N4O2S. The van der Waals surface area contributed by atoms with E-state index in [1.54, 1.807) is 4.90 Å². The number of para-hydroxylation sites is 2. The second-order valence-corrected chi connectivity index (χ2v) is 6.05. The zero-order valence-corrected chi connectivity index (χ0v) is 13.8. The van der Waals surface area contributed by atoms with Crippen molar-refractivity contribution in [1.29, 1.82) is 0 Å². The molecule has 0 spiro atoms. The first-order valence-electron chi connectivity index (χ1n) is 7.28. The van der Waals surface area contributed by atoms with Crippen molar-refractivity contribution in [3.8, 4) is 0 Å². The zero-order valence-electron chi connectivity index (χ0n) is 13.0. The number of carbonyl (C=O) groups excluding carboxylic acids is 2. The molecule has 24 heavy (non-hydrogen) atoms. The lowest BCUT2D eigenvalue weighted by molar-refractivity contribution is -0.137. The minimum absolute atomic E-state index is 0.762. The van der Waals surface area contributed by atoms with Crippen LogP contribution in [0.15, 0.2) is 65.7 Å². The molecule has 0 aromatic heterocycles. The highest BCUT2D eigenvalue weighted by Gasteiger charge is 2.41. The van der Waals surface area contributed by atoms with E-state index in [4.69, 9.17) is 0 Å². The van der Waals surface area contributed by atoms with E-state index < -0.39 is 16.9 Å². The van der Waals surface area contributed by atoms with Gasteiger partial charge in [-0.1, -0.05) is 48.2 Å². The number of nitrogens with zero attached hydrogens (tertiary/aromatic N) is 2. The van der Waals surface area contributed by atoms with E-state index in [0.717, 1.165) is 11.4 Å². The Morgan fingerprint density at radius 3 is 2.29 bits per heavy atom. The van der Waals surface area contributed by atoms with Crippen LogP contribution in [0.2, 0.25) is 0 Å². The number of thioether (sulfide) groups is 1. The van der Waals surface area contributed by atoms with Gasteiger partial charge in [-0.15, -0.1) is 0 Å². The Balaban J connectivity index is 2.08. The zero-order chi connectivity index (χ0) is 17.0. The summed E-state index contributed by atoms with van der Waals surface area (Å²) >= 11 is 1.35. The van der Waals surface area contributed by atoms with E-state index >= 15 is 0 Å². The van der Waals surface area contributed by atoms with E-state index in [2.05, 4.69) is 15.6 Å². The van der Waals surface area contributed by atoms with Crippen LogP contribution in [-0.2, 0) is 9.59 Å². The fraction of sp³-hybridized carbons (Fsp3) is 0.118. The second-order valence-electron chi connectivity index (χ2n) is 5.05. The van der Waals surface area contributed by atoms with Crippen LogP contribution in [0, 0.1) is 0 Å². The smallest absolute Gasteiger partial charge is 0.336 e. The second kappa shape index (κ2) is 6.76. The van der Waals surface area contributed by atoms with E-state index in [-0.39, 0.29) is 0 Å². The van der Waals surface area contributed by atoms with Gasteiger partial charge in [0.15, 0.2) is 0 Å². The fourth-order valence-corrected chi connectivity index (χ4v) is 3.13. The van der Waals surface area contributed by atoms with Gasteiger partial charge < -0.3 is 5.32 Å². The molecule has 0 saturated heterocycles. The molecule has 2 amide bonds. The monoisotopic (exact) mass is 340 g/mol. The number of hydrogen-bond donors (Lipinski definition) is 2. The topological polar surface area (TPSA) is 73.8 Å². The number of amides is 2. The summed E-state index contributed by atoms with van der Waals surface area (Å²) in [5.74, 6) is -1.59. The van der Waals surface area contributed by atoms with E-state index in [9.17, 15) is 9.59 Å². The fourth-order valence-electron chi connectivity index (χ4n) is 2.36. The number of anilines is 2. The lowest BCUT2D eigenvalue weighted by Crippen LogP contribution is -2.63. The summed E-state index contributed by atoms with van der Waals surface area (Å²) in [6.45, 7) is 0. The molecule has 1 heterocycles. The SMILES string of the molecule is CSC1(Nc2ccccc2)NC(=O)C(=O)N=CN1c1ccccc1. The largest absolute Gasteiger partial charge is 0.336 e. The average Bonchev–Trinajstić information content (AvgIpc) is 2.74. The van der Waals surface area contributed by atoms with Crippen molar-refractivity contribution in [2.24, 2.45) is 4.99 Å². The molecule has 3 rings (SSSR count). The van der Waals surface area contributed by atoms with Gasteiger partial charge in [-0.2, -0.15) is 4.99 Å². The van der Waals surface area contributed by atoms with Crippen molar-refractivity contribution in [1.82, 2.24) is 5.32 Å². The Bertz CT molecular complexity index is 767. The molecular weight excluding hydrogens is 324 g/mol. The molecule has 2 N–H and O–H groups in total. The lowest BCUT2D eigenvalue weighted by atomic mass is 10.3. The van der Waals surface area contributed by atoms with Crippen molar-refractivity contribution < 1.29 is 9.59 Å². The highest BCUT2D eigenvalue weighted by atomic mass is 32.2. The minimum atomic E-state index is -1.09. The van der Waals surface area contributed by atoms with Gasteiger partial charge in [0.05, 0.1) is 0 Å². The summed E-state index contributed by atoms with van der Waals surface area (Å²) in [5.41, 5.74) is 1.59. The number of nitrogens with one attached hydrogen (secondary N) is 2. The van der Waals surface area contributed by atoms with Crippen molar-refractivity contribution >= 4 is 41.3 Å². The first-order valence-corrected chi connectivity index (χ1v) is 8.50. The van der Waals surface area contributed by atoms with Gasteiger partial charge >= 0.3 is 11.8 Å². The standard InChI is InChI=1S/C17H16N4O2S/c1-24-17(19-13-8-4-2-5-9-13)20-16(23)15(22)18-12-21(17)14-10-6-3-7-11-14/h2-12,19H,1H3,(H,20,23). The van der Waals surface area contributed by atoms with Crippen molar-refractivity contribution in [3.05, 3.63) is 60.7 Å². The third kappa shape index (κ3) is 3.11. The minimum Gasteiger partial charge on any atom is -0.336 e. The molecule has 1 atom stereocenters. The Labute approximate surface area is 144 Å². The van der Waals surface area contributed by atoms with Crippen molar-refractivity contribution in [2.45, 2.75) is 5.12 Å². The quantitative estimate of drug-likeness (QED) is 0.660. The van der Waals surface area contributed by atoms with Crippen molar-refractivity contribution in [3.63, 3.8) is 0 Å². The number of carbonyl (C=O) groups is 2. The average molecular weight is 340 g/mol. The van der Waals surface area contributed by atoms with Gasteiger partial charge in [0.2, 0.25) is 5.12 Å². The van der Waals surface area contributed by atoms with Crippen LogP contribution in [0.4, 0.5) is 11.4 Å². The van der Waals surface area contributed by atoms with Crippen LogP contribution in [0.1, 0.15) is 0 Å². The van der Waals surface area contributed by atoms with Crippen molar-refractivity contribution in [2.75, 3.05) is 16.5 Å². The maximum Gasteiger partial charge on any atom is 0.336 e. The molecule has 0 radical (unpaired) electrons. The maximum atomic E-state index is 12.1. The highest BCUT2D eigenvalue weighted by molar-refractivity contribution is 8.00. The normalized spacial score (nSPS) is 20.5. The predicted molar refractivity (Wildman–Crippen MR) is 96.9 cm³/mol. The Hall–Kier alpha value is -2.80. The lowest BCUT2D eigenvalue weighted by Gasteiger charge is -2.41. The number of rotatable bonds is 4. The number of benzene rings is 2. The van der Waals surface area contributed by atoms with E-state index in [0.29, 0.717) is 0 Å².